The first-order valence-corrected chi connectivity index (χ1v) is 7.36. The minimum absolute atomic E-state index is 0.105. The number of nitrogen functional groups attached to an aromatic ring is 1. The van der Waals surface area contributed by atoms with Gasteiger partial charge in [-0.3, -0.25) is 4.79 Å². The first-order chi connectivity index (χ1) is 7.75. The zero-order valence-electron chi connectivity index (χ0n) is 8.94. The van der Waals surface area contributed by atoms with Crippen LogP contribution in [-0.4, -0.2) is 28.9 Å². The van der Waals surface area contributed by atoms with Crippen molar-refractivity contribution in [1.82, 2.24) is 10.3 Å². The second-order valence-corrected chi connectivity index (χ2v) is 5.95. The Bertz CT molecular complexity index is 361. The molecule has 1 aromatic heterocycles. The van der Waals surface area contributed by atoms with Crippen LogP contribution in [0, 0.1) is 5.92 Å². The van der Waals surface area contributed by atoms with Crippen molar-refractivity contribution in [2.24, 2.45) is 5.92 Å². The number of nitrogens with two attached hydrogens (primary N) is 1. The summed E-state index contributed by atoms with van der Waals surface area (Å²) in [5.74, 6) is 2.95. The molecule has 1 aliphatic heterocycles. The van der Waals surface area contributed by atoms with Gasteiger partial charge < -0.3 is 11.1 Å². The largest absolute Gasteiger partial charge is 0.375 e. The molecule has 1 saturated heterocycles. The lowest BCUT2D eigenvalue weighted by Crippen LogP contribution is -2.31. The third-order valence-electron chi connectivity index (χ3n) is 2.65. The lowest BCUT2D eigenvalue weighted by molar-refractivity contribution is 0.0942. The third kappa shape index (κ3) is 3.12. The molecule has 0 spiro atoms. The van der Waals surface area contributed by atoms with Gasteiger partial charge in [-0.2, -0.15) is 11.8 Å². The topological polar surface area (TPSA) is 68.0 Å². The maximum Gasteiger partial charge on any atom is 0.270 e. The van der Waals surface area contributed by atoms with Gasteiger partial charge in [-0.1, -0.05) is 0 Å². The Kier molecular flexibility index (Phi) is 4.06. The van der Waals surface area contributed by atoms with Crippen LogP contribution in [0.2, 0.25) is 0 Å². The van der Waals surface area contributed by atoms with Crippen LogP contribution in [0.15, 0.2) is 5.38 Å². The SMILES string of the molecule is Nc1nc(C(=O)NCC2CCSCC2)cs1. The Morgan fingerprint density at radius 3 is 2.94 bits per heavy atom. The number of hydrogen-bond acceptors (Lipinski definition) is 5. The van der Waals surface area contributed by atoms with Crippen molar-refractivity contribution in [3.05, 3.63) is 11.1 Å². The number of thiazole rings is 1. The normalized spacial score (nSPS) is 17.2. The van der Waals surface area contributed by atoms with Crippen molar-refractivity contribution >= 4 is 34.1 Å². The van der Waals surface area contributed by atoms with Crippen molar-refractivity contribution in [3.8, 4) is 0 Å². The van der Waals surface area contributed by atoms with Gasteiger partial charge in [-0.05, 0) is 30.3 Å². The molecule has 16 heavy (non-hydrogen) atoms. The summed E-state index contributed by atoms with van der Waals surface area (Å²) in [4.78, 5) is 15.6. The molecule has 2 heterocycles. The number of nitrogens with zero attached hydrogens (tertiary/aromatic N) is 1. The van der Waals surface area contributed by atoms with E-state index in [4.69, 9.17) is 5.73 Å². The molecule has 0 saturated carbocycles. The average Bonchev–Trinajstić information content (AvgIpc) is 2.74. The summed E-state index contributed by atoms with van der Waals surface area (Å²) in [5, 5.41) is 5.06. The molecule has 0 aliphatic carbocycles. The minimum atomic E-state index is -0.105. The molecule has 0 unspecified atom stereocenters. The molecule has 1 aliphatic rings. The lowest BCUT2D eigenvalue weighted by atomic mass is 10.0. The molecular weight excluding hydrogens is 242 g/mol. The first kappa shape index (κ1) is 11.7. The number of hydrogen-bond donors (Lipinski definition) is 2. The van der Waals surface area contributed by atoms with Gasteiger partial charge in [0.05, 0.1) is 0 Å². The van der Waals surface area contributed by atoms with Gasteiger partial charge in [0.15, 0.2) is 5.13 Å². The standard InChI is InChI=1S/C10H15N3OS2/c11-10-13-8(6-16-10)9(14)12-5-7-1-3-15-4-2-7/h6-7H,1-5H2,(H2,11,13)(H,12,14). The fourth-order valence-electron chi connectivity index (χ4n) is 1.67. The molecule has 0 atom stereocenters. The Labute approximate surface area is 103 Å². The molecular formula is C10H15N3OS2. The van der Waals surface area contributed by atoms with Crippen LogP contribution in [0.3, 0.4) is 0 Å². The van der Waals surface area contributed by atoms with Crippen LogP contribution in [0.25, 0.3) is 0 Å². The van der Waals surface area contributed by atoms with Gasteiger partial charge in [0.1, 0.15) is 5.69 Å². The van der Waals surface area contributed by atoms with Crippen molar-refractivity contribution < 1.29 is 4.79 Å². The van der Waals surface area contributed by atoms with Crippen LogP contribution >= 0.6 is 23.1 Å². The fraction of sp³-hybridized carbons (Fsp3) is 0.600. The van der Waals surface area contributed by atoms with Gasteiger partial charge in [0, 0.05) is 11.9 Å². The monoisotopic (exact) mass is 257 g/mol. The smallest absolute Gasteiger partial charge is 0.270 e. The van der Waals surface area contributed by atoms with Gasteiger partial charge in [0.2, 0.25) is 0 Å². The van der Waals surface area contributed by atoms with Gasteiger partial charge in [-0.15, -0.1) is 11.3 Å². The van der Waals surface area contributed by atoms with Crippen LogP contribution in [-0.2, 0) is 0 Å². The number of carbonyl (C=O) groups excluding carboxylic acids is 1. The second kappa shape index (κ2) is 5.54. The Morgan fingerprint density at radius 1 is 1.56 bits per heavy atom. The molecule has 0 aromatic carbocycles. The zero-order valence-corrected chi connectivity index (χ0v) is 10.6. The highest BCUT2D eigenvalue weighted by Crippen LogP contribution is 2.22. The van der Waals surface area contributed by atoms with Crippen LogP contribution in [0.4, 0.5) is 5.13 Å². The van der Waals surface area contributed by atoms with Crippen molar-refractivity contribution in [2.75, 3.05) is 23.8 Å². The molecule has 88 valence electrons. The third-order valence-corrected chi connectivity index (χ3v) is 4.37. The Hall–Kier alpha value is -0.750. The van der Waals surface area contributed by atoms with E-state index in [-0.39, 0.29) is 5.91 Å². The molecule has 2 rings (SSSR count). The number of carbonyl (C=O) groups is 1. The van der Waals surface area contributed by atoms with Gasteiger partial charge in [0.25, 0.3) is 5.91 Å². The molecule has 1 fully saturated rings. The summed E-state index contributed by atoms with van der Waals surface area (Å²) in [7, 11) is 0. The average molecular weight is 257 g/mol. The van der Waals surface area contributed by atoms with E-state index < -0.39 is 0 Å². The second-order valence-electron chi connectivity index (χ2n) is 3.84. The summed E-state index contributed by atoms with van der Waals surface area (Å²) in [6.45, 7) is 0.761. The number of rotatable bonds is 3. The summed E-state index contributed by atoms with van der Waals surface area (Å²) in [6, 6.07) is 0. The van der Waals surface area contributed by atoms with E-state index in [1.165, 1.54) is 35.7 Å². The molecule has 0 bridgehead atoms. The van der Waals surface area contributed by atoms with Crippen molar-refractivity contribution in [3.63, 3.8) is 0 Å². The van der Waals surface area contributed by atoms with E-state index in [0.29, 0.717) is 16.7 Å². The predicted molar refractivity (Wildman–Crippen MR) is 68.9 cm³/mol. The number of thioether (sulfide) groups is 1. The summed E-state index contributed by atoms with van der Waals surface area (Å²) in [5.41, 5.74) is 5.92. The van der Waals surface area contributed by atoms with Gasteiger partial charge >= 0.3 is 0 Å². The highest BCUT2D eigenvalue weighted by molar-refractivity contribution is 7.99. The highest BCUT2D eigenvalue weighted by atomic mass is 32.2. The van der Waals surface area contributed by atoms with E-state index in [2.05, 4.69) is 10.3 Å². The molecule has 6 heteroatoms. The number of nitrogens with one attached hydrogen (secondary N) is 1. The zero-order chi connectivity index (χ0) is 11.4. The highest BCUT2D eigenvalue weighted by Gasteiger charge is 2.16. The van der Waals surface area contributed by atoms with E-state index in [1.54, 1.807) is 5.38 Å². The quantitative estimate of drug-likeness (QED) is 0.863. The number of anilines is 1. The summed E-state index contributed by atoms with van der Waals surface area (Å²) < 4.78 is 0. The Balaban J connectivity index is 1.79. The molecule has 1 aromatic rings. The molecule has 3 N–H and O–H groups in total. The lowest BCUT2D eigenvalue weighted by Gasteiger charge is -2.21. The van der Waals surface area contributed by atoms with Gasteiger partial charge in [-0.25, -0.2) is 4.98 Å². The fourth-order valence-corrected chi connectivity index (χ4v) is 3.42. The number of aromatic nitrogens is 1. The van der Waals surface area contributed by atoms with E-state index in [9.17, 15) is 4.79 Å². The van der Waals surface area contributed by atoms with Crippen molar-refractivity contribution in [1.29, 1.82) is 0 Å². The molecule has 4 nitrogen and oxygen atoms in total. The Morgan fingerprint density at radius 2 is 2.31 bits per heavy atom. The maximum atomic E-state index is 11.7. The van der Waals surface area contributed by atoms with E-state index >= 15 is 0 Å². The summed E-state index contributed by atoms with van der Waals surface area (Å²) in [6.07, 6.45) is 2.40. The maximum absolute atomic E-state index is 11.7. The first-order valence-electron chi connectivity index (χ1n) is 5.32. The van der Waals surface area contributed by atoms with Crippen LogP contribution in [0.5, 0.6) is 0 Å². The summed E-state index contributed by atoms with van der Waals surface area (Å²) >= 11 is 3.29. The van der Waals surface area contributed by atoms with Crippen LogP contribution < -0.4 is 11.1 Å². The van der Waals surface area contributed by atoms with Crippen LogP contribution in [0.1, 0.15) is 23.3 Å². The molecule has 1 amide bonds. The number of amides is 1. The molecule has 0 radical (unpaired) electrons. The minimum Gasteiger partial charge on any atom is -0.375 e. The van der Waals surface area contributed by atoms with E-state index in [0.717, 1.165) is 6.54 Å². The van der Waals surface area contributed by atoms with Crippen molar-refractivity contribution in [2.45, 2.75) is 12.8 Å². The predicted octanol–water partition coefficient (Wildman–Crippen LogP) is 1.60. The van der Waals surface area contributed by atoms with E-state index in [1.807, 2.05) is 11.8 Å².